The molecule has 5 heteroatoms. The summed E-state index contributed by atoms with van der Waals surface area (Å²) in [5.74, 6) is 0.476. The summed E-state index contributed by atoms with van der Waals surface area (Å²) in [7, 11) is 0. The number of aromatic nitrogens is 2. The van der Waals surface area contributed by atoms with Crippen molar-refractivity contribution in [1.82, 2.24) is 9.78 Å². The molecule has 0 radical (unpaired) electrons. The molecule has 2 aromatic rings. The van der Waals surface area contributed by atoms with Crippen LogP contribution in [0.15, 0.2) is 30.3 Å². The SMILES string of the molecule is CCCCOc1ccc(-n2nc(C(=O)OCC)cc2CCCC)cc1. The fraction of sp³-hybridized carbons (Fsp3) is 0.500. The molecule has 0 aliphatic rings. The summed E-state index contributed by atoms with van der Waals surface area (Å²) in [5.41, 5.74) is 2.30. The average molecular weight is 344 g/mol. The second-order valence-electron chi connectivity index (χ2n) is 5.95. The van der Waals surface area contributed by atoms with E-state index in [2.05, 4.69) is 18.9 Å². The number of nitrogens with zero attached hydrogens (tertiary/aromatic N) is 2. The number of hydrogen-bond donors (Lipinski definition) is 0. The van der Waals surface area contributed by atoms with E-state index in [0.29, 0.717) is 12.3 Å². The third-order valence-electron chi connectivity index (χ3n) is 3.90. The topological polar surface area (TPSA) is 53.4 Å². The van der Waals surface area contributed by atoms with E-state index in [1.807, 2.05) is 35.0 Å². The van der Waals surface area contributed by atoms with Gasteiger partial charge in [0.1, 0.15) is 5.75 Å². The van der Waals surface area contributed by atoms with Crippen molar-refractivity contribution < 1.29 is 14.3 Å². The molecule has 25 heavy (non-hydrogen) atoms. The van der Waals surface area contributed by atoms with E-state index >= 15 is 0 Å². The normalized spacial score (nSPS) is 10.7. The van der Waals surface area contributed by atoms with Crippen molar-refractivity contribution in [3.63, 3.8) is 0 Å². The molecule has 0 unspecified atom stereocenters. The Morgan fingerprint density at radius 1 is 1.08 bits per heavy atom. The van der Waals surface area contributed by atoms with Gasteiger partial charge in [-0.15, -0.1) is 0 Å². The smallest absolute Gasteiger partial charge is 0.358 e. The van der Waals surface area contributed by atoms with Crippen LogP contribution in [0.1, 0.15) is 62.6 Å². The van der Waals surface area contributed by atoms with Crippen molar-refractivity contribution in [2.75, 3.05) is 13.2 Å². The molecule has 0 spiro atoms. The quantitative estimate of drug-likeness (QED) is 0.468. The van der Waals surface area contributed by atoms with Crippen LogP contribution in [-0.2, 0) is 11.2 Å². The summed E-state index contributed by atoms with van der Waals surface area (Å²) in [5, 5.41) is 4.46. The number of benzene rings is 1. The largest absolute Gasteiger partial charge is 0.494 e. The molecule has 5 nitrogen and oxygen atoms in total. The Labute approximate surface area is 149 Å². The molecule has 1 aromatic heterocycles. The van der Waals surface area contributed by atoms with E-state index < -0.39 is 0 Å². The van der Waals surface area contributed by atoms with Crippen LogP contribution in [0.3, 0.4) is 0 Å². The molecule has 0 atom stereocenters. The molecule has 1 heterocycles. The molecule has 0 bridgehead atoms. The Hall–Kier alpha value is -2.30. The Morgan fingerprint density at radius 2 is 1.80 bits per heavy atom. The number of hydrogen-bond acceptors (Lipinski definition) is 4. The Balaban J connectivity index is 2.21. The van der Waals surface area contributed by atoms with Crippen LogP contribution in [0, 0.1) is 0 Å². The maximum absolute atomic E-state index is 12.0. The first-order valence-corrected chi connectivity index (χ1v) is 9.18. The molecule has 136 valence electrons. The second kappa shape index (κ2) is 9.87. The van der Waals surface area contributed by atoms with Crippen molar-refractivity contribution >= 4 is 5.97 Å². The molecule has 0 amide bonds. The van der Waals surface area contributed by atoms with Crippen LogP contribution >= 0.6 is 0 Å². The maximum atomic E-state index is 12.0. The summed E-state index contributed by atoms with van der Waals surface area (Å²) in [6.45, 7) is 7.16. The average Bonchev–Trinajstić information content (AvgIpc) is 3.05. The number of esters is 1. The number of carbonyl (C=O) groups is 1. The van der Waals surface area contributed by atoms with Gasteiger partial charge < -0.3 is 9.47 Å². The van der Waals surface area contributed by atoms with Crippen molar-refractivity contribution in [3.05, 3.63) is 41.7 Å². The first-order chi connectivity index (χ1) is 12.2. The fourth-order valence-corrected chi connectivity index (χ4v) is 2.50. The standard InChI is InChI=1S/C20H28N2O3/c1-4-7-9-17-15-19(20(23)24-6-3)21-22(17)16-10-12-18(13-11-16)25-14-8-5-2/h10-13,15H,4-9,14H2,1-3H3. The summed E-state index contributed by atoms with van der Waals surface area (Å²) in [6.07, 6.45) is 5.17. The first kappa shape index (κ1) is 19.0. The van der Waals surface area contributed by atoms with Gasteiger partial charge in [-0.25, -0.2) is 9.48 Å². The zero-order valence-corrected chi connectivity index (χ0v) is 15.5. The zero-order chi connectivity index (χ0) is 18.1. The molecule has 0 saturated carbocycles. The fourth-order valence-electron chi connectivity index (χ4n) is 2.50. The van der Waals surface area contributed by atoms with E-state index in [-0.39, 0.29) is 5.97 Å². The van der Waals surface area contributed by atoms with Crippen LogP contribution in [0.2, 0.25) is 0 Å². The highest BCUT2D eigenvalue weighted by molar-refractivity contribution is 5.87. The van der Waals surface area contributed by atoms with E-state index in [0.717, 1.165) is 55.8 Å². The van der Waals surface area contributed by atoms with Gasteiger partial charge in [-0.1, -0.05) is 26.7 Å². The van der Waals surface area contributed by atoms with Gasteiger partial charge in [0.05, 0.1) is 18.9 Å². The third kappa shape index (κ3) is 5.34. The molecular weight excluding hydrogens is 316 g/mol. The van der Waals surface area contributed by atoms with Crippen LogP contribution in [0.5, 0.6) is 5.75 Å². The van der Waals surface area contributed by atoms with Gasteiger partial charge in [-0.2, -0.15) is 5.10 Å². The molecule has 0 aliphatic carbocycles. The minimum atomic E-state index is -0.376. The first-order valence-electron chi connectivity index (χ1n) is 9.18. The molecule has 0 aliphatic heterocycles. The lowest BCUT2D eigenvalue weighted by atomic mass is 10.2. The highest BCUT2D eigenvalue weighted by Crippen LogP contribution is 2.19. The molecule has 0 N–H and O–H groups in total. The number of ether oxygens (including phenoxy) is 2. The summed E-state index contributed by atoms with van der Waals surface area (Å²) < 4.78 is 12.6. The monoisotopic (exact) mass is 344 g/mol. The van der Waals surface area contributed by atoms with Crippen LogP contribution < -0.4 is 4.74 Å². The predicted molar refractivity (Wildman–Crippen MR) is 98.5 cm³/mol. The second-order valence-corrected chi connectivity index (χ2v) is 5.95. The van der Waals surface area contributed by atoms with Gasteiger partial charge in [0.25, 0.3) is 0 Å². The summed E-state index contributed by atoms with van der Waals surface area (Å²) >= 11 is 0. The van der Waals surface area contributed by atoms with Gasteiger partial charge in [-0.3, -0.25) is 0 Å². The highest BCUT2D eigenvalue weighted by atomic mass is 16.5. The van der Waals surface area contributed by atoms with Crippen LogP contribution in [0.4, 0.5) is 0 Å². The summed E-state index contributed by atoms with van der Waals surface area (Å²) in [6, 6.07) is 9.66. The number of rotatable bonds is 10. The lowest BCUT2D eigenvalue weighted by Crippen LogP contribution is -2.07. The van der Waals surface area contributed by atoms with E-state index in [4.69, 9.17) is 9.47 Å². The number of carbonyl (C=O) groups excluding carboxylic acids is 1. The minimum absolute atomic E-state index is 0.347. The van der Waals surface area contributed by atoms with Crippen LogP contribution in [0.25, 0.3) is 5.69 Å². The van der Waals surface area contributed by atoms with Crippen molar-refractivity contribution in [1.29, 1.82) is 0 Å². The van der Waals surface area contributed by atoms with Crippen LogP contribution in [-0.4, -0.2) is 29.0 Å². The van der Waals surface area contributed by atoms with E-state index in [1.165, 1.54) is 0 Å². The van der Waals surface area contributed by atoms with E-state index in [1.54, 1.807) is 6.92 Å². The Kier molecular flexibility index (Phi) is 7.51. The van der Waals surface area contributed by atoms with Crippen molar-refractivity contribution in [3.8, 4) is 11.4 Å². The zero-order valence-electron chi connectivity index (χ0n) is 15.5. The third-order valence-corrected chi connectivity index (χ3v) is 3.90. The predicted octanol–water partition coefficient (Wildman–Crippen LogP) is 4.57. The van der Waals surface area contributed by atoms with Gasteiger partial charge in [0, 0.05) is 5.69 Å². The molecule has 0 fully saturated rings. The Bertz CT molecular complexity index is 662. The van der Waals surface area contributed by atoms with Gasteiger partial charge in [0.2, 0.25) is 0 Å². The summed E-state index contributed by atoms with van der Waals surface area (Å²) in [4.78, 5) is 12.0. The Morgan fingerprint density at radius 3 is 2.44 bits per heavy atom. The van der Waals surface area contributed by atoms with Gasteiger partial charge >= 0.3 is 5.97 Å². The molecule has 0 saturated heterocycles. The van der Waals surface area contributed by atoms with Crippen molar-refractivity contribution in [2.24, 2.45) is 0 Å². The lowest BCUT2D eigenvalue weighted by molar-refractivity contribution is 0.0519. The maximum Gasteiger partial charge on any atom is 0.358 e. The van der Waals surface area contributed by atoms with E-state index in [9.17, 15) is 4.79 Å². The van der Waals surface area contributed by atoms with Gasteiger partial charge in [0.15, 0.2) is 5.69 Å². The molecule has 1 aromatic carbocycles. The molecule has 2 rings (SSSR count). The number of aryl methyl sites for hydroxylation is 1. The molecular formula is C20H28N2O3. The van der Waals surface area contributed by atoms with Gasteiger partial charge in [-0.05, 0) is 56.5 Å². The lowest BCUT2D eigenvalue weighted by Gasteiger charge is -2.09. The van der Waals surface area contributed by atoms with Crippen molar-refractivity contribution in [2.45, 2.75) is 52.9 Å². The minimum Gasteiger partial charge on any atom is -0.494 e. The number of unbranched alkanes of at least 4 members (excludes halogenated alkanes) is 2. The highest BCUT2D eigenvalue weighted by Gasteiger charge is 2.16.